The Morgan fingerprint density at radius 2 is 2.12 bits per heavy atom. The highest BCUT2D eigenvalue weighted by molar-refractivity contribution is 5.57. The highest BCUT2D eigenvalue weighted by atomic mass is 19.3. The van der Waals surface area contributed by atoms with Crippen LogP contribution in [0.25, 0.3) is 6.08 Å². The van der Waals surface area contributed by atoms with Gasteiger partial charge in [-0.2, -0.15) is 14.0 Å². The Morgan fingerprint density at radius 1 is 1.38 bits per heavy atom. The third-order valence-electron chi connectivity index (χ3n) is 1.75. The van der Waals surface area contributed by atoms with Gasteiger partial charge < -0.3 is 9.47 Å². The predicted octanol–water partition coefficient (Wildman–Crippen LogP) is 2.83. The SMILES string of the molecule is COc1cc(/C=C/C#N)ccc1OC(F)F. The van der Waals surface area contributed by atoms with E-state index in [-0.39, 0.29) is 11.5 Å². The second-order valence-electron chi connectivity index (χ2n) is 2.75. The van der Waals surface area contributed by atoms with E-state index in [1.807, 2.05) is 6.07 Å². The molecule has 1 aromatic rings. The first-order valence-corrected chi connectivity index (χ1v) is 4.36. The van der Waals surface area contributed by atoms with Crippen molar-refractivity contribution in [3.05, 3.63) is 29.8 Å². The molecule has 1 rings (SSSR count). The highest BCUT2D eigenvalue weighted by Gasteiger charge is 2.10. The summed E-state index contributed by atoms with van der Waals surface area (Å²) in [4.78, 5) is 0. The summed E-state index contributed by atoms with van der Waals surface area (Å²) in [5.74, 6) is 0.159. The van der Waals surface area contributed by atoms with Crippen molar-refractivity contribution in [2.45, 2.75) is 6.61 Å². The number of ether oxygens (including phenoxy) is 2. The van der Waals surface area contributed by atoms with Crippen molar-refractivity contribution in [2.24, 2.45) is 0 Å². The van der Waals surface area contributed by atoms with Crippen molar-refractivity contribution < 1.29 is 18.3 Å². The van der Waals surface area contributed by atoms with Gasteiger partial charge in [0, 0.05) is 6.08 Å². The zero-order chi connectivity index (χ0) is 12.0. The van der Waals surface area contributed by atoms with Crippen LogP contribution in [0, 0.1) is 11.3 Å². The summed E-state index contributed by atoms with van der Waals surface area (Å²) in [5.41, 5.74) is 0.667. The molecule has 1 aromatic carbocycles. The van der Waals surface area contributed by atoms with E-state index >= 15 is 0 Å². The fourth-order valence-corrected chi connectivity index (χ4v) is 1.11. The van der Waals surface area contributed by atoms with Gasteiger partial charge in [0.15, 0.2) is 11.5 Å². The smallest absolute Gasteiger partial charge is 0.387 e. The third kappa shape index (κ3) is 3.24. The number of methoxy groups -OCH3 is 1. The van der Waals surface area contributed by atoms with Crippen molar-refractivity contribution >= 4 is 6.08 Å². The Bertz CT molecular complexity index is 424. The van der Waals surface area contributed by atoms with Crippen molar-refractivity contribution in [1.29, 1.82) is 5.26 Å². The van der Waals surface area contributed by atoms with Crippen molar-refractivity contribution in [3.63, 3.8) is 0 Å². The van der Waals surface area contributed by atoms with Crippen LogP contribution in [0.3, 0.4) is 0 Å². The Morgan fingerprint density at radius 3 is 2.69 bits per heavy atom. The minimum absolute atomic E-state index is 0.0355. The molecule has 0 aliphatic rings. The monoisotopic (exact) mass is 225 g/mol. The number of allylic oxidation sites excluding steroid dienone is 1. The molecule has 0 aliphatic carbocycles. The fraction of sp³-hybridized carbons (Fsp3) is 0.182. The van der Waals surface area contributed by atoms with Gasteiger partial charge in [0.25, 0.3) is 0 Å². The minimum Gasteiger partial charge on any atom is -0.493 e. The topological polar surface area (TPSA) is 42.2 Å². The van der Waals surface area contributed by atoms with Gasteiger partial charge in [-0.25, -0.2) is 0 Å². The van der Waals surface area contributed by atoms with Gasteiger partial charge >= 0.3 is 6.61 Å². The molecule has 0 radical (unpaired) electrons. The van der Waals surface area contributed by atoms with E-state index in [1.165, 1.54) is 31.4 Å². The van der Waals surface area contributed by atoms with Gasteiger partial charge in [-0.15, -0.1) is 0 Å². The predicted molar refractivity (Wildman–Crippen MR) is 54.3 cm³/mol. The van der Waals surface area contributed by atoms with Gasteiger partial charge in [0.2, 0.25) is 0 Å². The lowest BCUT2D eigenvalue weighted by atomic mass is 10.2. The Labute approximate surface area is 91.5 Å². The number of nitriles is 1. The third-order valence-corrected chi connectivity index (χ3v) is 1.75. The van der Waals surface area contributed by atoms with Crippen LogP contribution >= 0.6 is 0 Å². The van der Waals surface area contributed by atoms with Crippen molar-refractivity contribution in [3.8, 4) is 17.6 Å². The molecular weight excluding hydrogens is 216 g/mol. The molecule has 3 nitrogen and oxygen atoms in total. The van der Waals surface area contributed by atoms with Crippen LogP contribution in [-0.2, 0) is 0 Å². The second-order valence-corrected chi connectivity index (χ2v) is 2.75. The first-order chi connectivity index (χ1) is 7.67. The molecule has 0 heterocycles. The number of benzene rings is 1. The average molecular weight is 225 g/mol. The van der Waals surface area contributed by atoms with E-state index in [4.69, 9.17) is 10.00 Å². The summed E-state index contributed by atoms with van der Waals surface area (Å²) in [6.07, 6.45) is 2.82. The average Bonchev–Trinajstić information content (AvgIpc) is 2.27. The van der Waals surface area contributed by atoms with Crippen LogP contribution in [0.15, 0.2) is 24.3 Å². The lowest BCUT2D eigenvalue weighted by Crippen LogP contribution is -2.03. The van der Waals surface area contributed by atoms with Crippen LogP contribution in [0.1, 0.15) is 5.56 Å². The van der Waals surface area contributed by atoms with E-state index in [0.29, 0.717) is 5.56 Å². The van der Waals surface area contributed by atoms with E-state index in [2.05, 4.69) is 4.74 Å². The fourth-order valence-electron chi connectivity index (χ4n) is 1.11. The largest absolute Gasteiger partial charge is 0.493 e. The summed E-state index contributed by atoms with van der Waals surface area (Å²) in [5, 5.41) is 8.34. The molecule has 0 saturated heterocycles. The molecular formula is C11H9F2NO2. The van der Waals surface area contributed by atoms with Crippen LogP contribution < -0.4 is 9.47 Å². The molecule has 0 fully saturated rings. The number of halogens is 2. The highest BCUT2D eigenvalue weighted by Crippen LogP contribution is 2.29. The number of hydrogen-bond donors (Lipinski definition) is 0. The van der Waals surface area contributed by atoms with E-state index in [9.17, 15) is 8.78 Å². The van der Waals surface area contributed by atoms with Gasteiger partial charge in [-0.05, 0) is 23.8 Å². The van der Waals surface area contributed by atoms with E-state index in [1.54, 1.807) is 6.07 Å². The lowest BCUT2D eigenvalue weighted by Gasteiger charge is -2.09. The maximum Gasteiger partial charge on any atom is 0.387 e. The summed E-state index contributed by atoms with van der Waals surface area (Å²) in [6, 6.07) is 6.25. The Kier molecular flexibility index (Phi) is 4.28. The van der Waals surface area contributed by atoms with E-state index in [0.717, 1.165) is 0 Å². The first kappa shape index (κ1) is 12.0. The number of nitrogens with zero attached hydrogens (tertiary/aromatic N) is 1. The van der Waals surface area contributed by atoms with Crippen LogP contribution in [0.5, 0.6) is 11.5 Å². The molecule has 0 N–H and O–H groups in total. The van der Waals surface area contributed by atoms with Gasteiger partial charge in [0.1, 0.15) is 0 Å². The maximum absolute atomic E-state index is 12.0. The summed E-state index contributed by atoms with van der Waals surface area (Å²) >= 11 is 0. The summed E-state index contributed by atoms with van der Waals surface area (Å²) < 4.78 is 33.2. The normalized spacial score (nSPS) is 10.4. The van der Waals surface area contributed by atoms with Gasteiger partial charge in [0.05, 0.1) is 13.2 Å². The molecule has 0 saturated carbocycles. The van der Waals surface area contributed by atoms with Gasteiger partial charge in [-0.3, -0.25) is 0 Å². The zero-order valence-corrected chi connectivity index (χ0v) is 8.48. The molecule has 0 atom stereocenters. The number of alkyl halides is 2. The molecule has 0 amide bonds. The Hall–Kier alpha value is -2.09. The van der Waals surface area contributed by atoms with Crippen molar-refractivity contribution in [1.82, 2.24) is 0 Å². The van der Waals surface area contributed by atoms with Crippen molar-refractivity contribution in [2.75, 3.05) is 7.11 Å². The summed E-state index contributed by atoms with van der Waals surface area (Å²) in [6.45, 7) is -2.89. The molecule has 0 aliphatic heterocycles. The lowest BCUT2D eigenvalue weighted by molar-refractivity contribution is -0.0512. The molecule has 0 bridgehead atoms. The van der Waals surface area contributed by atoms with Gasteiger partial charge in [-0.1, -0.05) is 6.07 Å². The second kappa shape index (κ2) is 5.71. The quantitative estimate of drug-likeness (QED) is 0.740. The van der Waals surface area contributed by atoms with Crippen LogP contribution in [-0.4, -0.2) is 13.7 Å². The molecule has 16 heavy (non-hydrogen) atoms. The zero-order valence-electron chi connectivity index (χ0n) is 8.48. The molecule has 5 heteroatoms. The Balaban J connectivity index is 2.98. The molecule has 84 valence electrons. The first-order valence-electron chi connectivity index (χ1n) is 4.36. The minimum atomic E-state index is -2.89. The van der Waals surface area contributed by atoms with Crippen LogP contribution in [0.4, 0.5) is 8.78 Å². The number of rotatable bonds is 4. The molecule has 0 aromatic heterocycles. The molecule has 0 spiro atoms. The standard InChI is InChI=1S/C11H9F2NO2/c1-15-10-7-8(3-2-6-14)4-5-9(10)16-11(12)13/h2-5,7,11H,1H3/b3-2+. The maximum atomic E-state index is 12.0. The number of hydrogen-bond acceptors (Lipinski definition) is 3. The van der Waals surface area contributed by atoms with E-state index < -0.39 is 6.61 Å². The molecule has 0 unspecified atom stereocenters. The summed E-state index contributed by atoms with van der Waals surface area (Å²) in [7, 11) is 1.35. The van der Waals surface area contributed by atoms with Crippen LogP contribution in [0.2, 0.25) is 0 Å².